The van der Waals surface area contributed by atoms with Crippen molar-refractivity contribution in [2.75, 3.05) is 12.4 Å². The van der Waals surface area contributed by atoms with E-state index in [1.807, 2.05) is 0 Å². The van der Waals surface area contributed by atoms with Crippen LogP contribution in [0.15, 0.2) is 54.7 Å². The largest absolute Gasteiger partial charge is 0.416 e. The maximum atomic E-state index is 12.9. The topological polar surface area (TPSA) is 72.8 Å². The average Bonchev–Trinajstić information content (AvgIpc) is 2.78. The maximum absolute atomic E-state index is 12.9. The lowest BCUT2D eigenvalue weighted by atomic mass is 10.2. The monoisotopic (exact) mass is 459 g/mol. The Hall–Kier alpha value is -3.30. The third-order valence-corrected chi connectivity index (χ3v) is 5.08. The Labute approximate surface area is 186 Å². The number of benzene rings is 1. The summed E-state index contributed by atoms with van der Waals surface area (Å²) in [7, 11) is 1.53. The fourth-order valence-corrected chi connectivity index (χ4v) is 3.21. The molecule has 0 amide bonds. The van der Waals surface area contributed by atoms with Crippen molar-refractivity contribution in [3.63, 3.8) is 0 Å². The summed E-state index contributed by atoms with van der Waals surface area (Å²) < 4.78 is 43.9. The molecule has 0 unspecified atom stereocenters. The van der Waals surface area contributed by atoms with Crippen LogP contribution in [0.3, 0.4) is 0 Å². The second-order valence-corrected chi connectivity index (χ2v) is 7.32. The lowest BCUT2D eigenvalue weighted by molar-refractivity contribution is -0.137. The van der Waals surface area contributed by atoms with Gasteiger partial charge in [-0.25, -0.2) is 15.0 Å². The Bertz CT molecular complexity index is 1260. The molecule has 0 aliphatic heterocycles. The molecule has 0 aliphatic carbocycles. The van der Waals surface area contributed by atoms with Crippen LogP contribution < -0.4 is 5.32 Å². The predicted molar refractivity (Wildman–Crippen MR) is 116 cm³/mol. The van der Waals surface area contributed by atoms with Gasteiger partial charge in [0.05, 0.1) is 21.7 Å². The second-order valence-electron chi connectivity index (χ2n) is 6.91. The minimum Gasteiger partial charge on any atom is -0.374 e. The Balaban J connectivity index is 1.79. The average molecular weight is 460 g/mol. The number of hydrogen-bond acceptors (Lipinski definition) is 6. The molecule has 0 spiro atoms. The van der Waals surface area contributed by atoms with Gasteiger partial charge in [0.25, 0.3) is 0 Å². The van der Waals surface area contributed by atoms with Crippen LogP contribution in [0.25, 0.3) is 22.4 Å². The summed E-state index contributed by atoms with van der Waals surface area (Å²) >= 11 is 6.25. The van der Waals surface area contributed by atoms with Crippen molar-refractivity contribution in [3.05, 3.63) is 71.1 Å². The summed E-state index contributed by atoms with van der Waals surface area (Å²) in [5.41, 5.74) is 1.10. The minimum atomic E-state index is -4.41. The van der Waals surface area contributed by atoms with E-state index in [4.69, 9.17) is 16.3 Å². The maximum Gasteiger partial charge on any atom is 0.416 e. The molecule has 0 fully saturated rings. The lowest BCUT2D eigenvalue weighted by Gasteiger charge is -2.14. The number of aromatic nitrogens is 4. The number of alkyl halides is 3. The highest BCUT2D eigenvalue weighted by molar-refractivity contribution is 6.32. The number of nitrogens with zero attached hydrogens (tertiary/aromatic N) is 4. The van der Waals surface area contributed by atoms with Crippen molar-refractivity contribution in [3.8, 4) is 11.4 Å². The van der Waals surface area contributed by atoms with Gasteiger partial charge in [0, 0.05) is 19.0 Å². The van der Waals surface area contributed by atoms with Crippen LogP contribution in [-0.2, 0) is 10.9 Å². The molecule has 0 aliphatic rings. The second kappa shape index (κ2) is 8.68. The third kappa shape index (κ3) is 4.49. The van der Waals surface area contributed by atoms with E-state index in [-0.39, 0.29) is 0 Å². The molecule has 164 valence electrons. The van der Waals surface area contributed by atoms with Crippen molar-refractivity contribution in [2.45, 2.75) is 19.2 Å². The first-order valence-corrected chi connectivity index (χ1v) is 9.90. The lowest BCUT2D eigenvalue weighted by Crippen LogP contribution is -2.08. The Kier molecular flexibility index (Phi) is 5.94. The molecule has 0 saturated heterocycles. The molecule has 6 nitrogen and oxygen atoms in total. The van der Waals surface area contributed by atoms with Gasteiger partial charge in [-0.15, -0.1) is 0 Å². The van der Waals surface area contributed by atoms with E-state index >= 15 is 0 Å². The zero-order valence-corrected chi connectivity index (χ0v) is 17.7. The molecule has 1 atom stereocenters. The first-order chi connectivity index (χ1) is 15.3. The number of fused-ring (bicyclic) bond motifs is 1. The van der Waals surface area contributed by atoms with Gasteiger partial charge in [-0.05, 0) is 55.5 Å². The van der Waals surface area contributed by atoms with Crippen molar-refractivity contribution in [2.24, 2.45) is 0 Å². The fraction of sp³-hybridized carbons (Fsp3) is 0.182. The summed E-state index contributed by atoms with van der Waals surface area (Å²) in [5, 5.41) is 4.08. The summed E-state index contributed by atoms with van der Waals surface area (Å²) in [4.78, 5) is 17.9. The zero-order valence-electron chi connectivity index (χ0n) is 17.0. The van der Waals surface area contributed by atoms with E-state index in [2.05, 4.69) is 25.3 Å². The molecule has 32 heavy (non-hydrogen) atoms. The van der Waals surface area contributed by atoms with Gasteiger partial charge in [-0.2, -0.15) is 13.2 Å². The highest BCUT2D eigenvalue weighted by Gasteiger charge is 2.30. The predicted octanol–water partition coefficient (Wildman–Crippen LogP) is 6.21. The van der Waals surface area contributed by atoms with Gasteiger partial charge in [0.1, 0.15) is 17.6 Å². The minimum absolute atomic E-state index is 0.367. The normalized spacial score (nSPS) is 12.7. The molecule has 1 aromatic carbocycles. The molecule has 3 heterocycles. The van der Waals surface area contributed by atoms with Crippen LogP contribution in [0.2, 0.25) is 5.02 Å². The van der Waals surface area contributed by atoms with E-state index in [0.29, 0.717) is 44.8 Å². The third-order valence-electron chi connectivity index (χ3n) is 4.77. The number of pyridine rings is 2. The molecular formula is C22H17ClF3N5O. The number of hydrogen-bond donors (Lipinski definition) is 1. The molecule has 1 N–H and O–H groups in total. The van der Waals surface area contributed by atoms with Crippen LogP contribution in [0.4, 0.5) is 24.7 Å². The number of rotatable bonds is 5. The standard InChI is InChI=1S/C22H17ClF3N5O/c1-12(32-2)19-30-20(28-14-7-5-13(6-8-14)22(24,25)26)15-9-10-17(29-21(15)31-19)18-16(23)4-3-11-27-18/h3-12H,1-2H3,(H,28,29,30,31)/t12-/m1/s1. The molecule has 3 aromatic heterocycles. The van der Waals surface area contributed by atoms with E-state index in [1.165, 1.54) is 19.2 Å². The molecule has 10 heteroatoms. The Morgan fingerprint density at radius 2 is 1.75 bits per heavy atom. The summed E-state index contributed by atoms with van der Waals surface area (Å²) in [6, 6.07) is 11.6. The van der Waals surface area contributed by atoms with E-state index in [9.17, 15) is 13.2 Å². The number of nitrogens with one attached hydrogen (secondary N) is 1. The first kappa shape index (κ1) is 21.9. The fourth-order valence-electron chi connectivity index (χ4n) is 2.99. The van der Waals surface area contributed by atoms with Crippen molar-refractivity contribution < 1.29 is 17.9 Å². The number of anilines is 2. The van der Waals surface area contributed by atoms with E-state index < -0.39 is 17.8 Å². The van der Waals surface area contributed by atoms with Gasteiger partial charge in [0.2, 0.25) is 0 Å². The SMILES string of the molecule is CO[C@H](C)c1nc(Nc2ccc(C(F)(F)F)cc2)c2ccc(-c3ncccc3Cl)nc2n1. The quantitative estimate of drug-likeness (QED) is 0.382. The molecule has 4 rings (SSSR count). The van der Waals surface area contributed by atoms with Crippen LogP contribution in [0.1, 0.15) is 24.4 Å². The smallest absolute Gasteiger partial charge is 0.374 e. The number of halogens is 4. The highest BCUT2D eigenvalue weighted by atomic mass is 35.5. The van der Waals surface area contributed by atoms with Gasteiger partial charge >= 0.3 is 6.18 Å². The van der Waals surface area contributed by atoms with Gasteiger partial charge in [0.15, 0.2) is 11.5 Å². The van der Waals surface area contributed by atoms with Gasteiger partial charge < -0.3 is 10.1 Å². The molecular weight excluding hydrogens is 443 g/mol. The number of methoxy groups -OCH3 is 1. The van der Waals surface area contributed by atoms with Crippen LogP contribution >= 0.6 is 11.6 Å². The first-order valence-electron chi connectivity index (χ1n) is 9.53. The Morgan fingerprint density at radius 1 is 1.00 bits per heavy atom. The number of ether oxygens (including phenoxy) is 1. The Morgan fingerprint density at radius 3 is 2.41 bits per heavy atom. The van der Waals surface area contributed by atoms with Crippen molar-refractivity contribution in [1.82, 2.24) is 19.9 Å². The summed E-state index contributed by atoms with van der Waals surface area (Å²) in [6.45, 7) is 1.78. The van der Waals surface area contributed by atoms with Crippen LogP contribution in [-0.4, -0.2) is 27.0 Å². The molecule has 4 aromatic rings. The summed E-state index contributed by atoms with van der Waals surface area (Å²) in [5.74, 6) is 0.756. The van der Waals surface area contributed by atoms with Gasteiger partial charge in [-0.1, -0.05) is 11.6 Å². The van der Waals surface area contributed by atoms with Crippen LogP contribution in [0.5, 0.6) is 0 Å². The van der Waals surface area contributed by atoms with E-state index in [0.717, 1.165) is 12.1 Å². The zero-order chi connectivity index (χ0) is 22.9. The highest BCUT2D eigenvalue weighted by Crippen LogP contribution is 2.32. The molecule has 0 radical (unpaired) electrons. The van der Waals surface area contributed by atoms with E-state index in [1.54, 1.807) is 37.4 Å². The van der Waals surface area contributed by atoms with Crippen molar-refractivity contribution >= 4 is 34.1 Å². The van der Waals surface area contributed by atoms with Crippen LogP contribution in [0, 0.1) is 0 Å². The van der Waals surface area contributed by atoms with Gasteiger partial charge in [-0.3, -0.25) is 4.98 Å². The summed E-state index contributed by atoms with van der Waals surface area (Å²) in [6.07, 6.45) is -3.23. The van der Waals surface area contributed by atoms with Crippen molar-refractivity contribution in [1.29, 1.82) is 0 Å². The molecule has 0 bridgehead atoms. The molecule has 0 saturated carbocycles.